The minimum absolute atomic E-state index is 0.569. The van der Waals surface area contributed by atoms with Crippen LogP contribution in [0.2, 0.25) is 0 Å². The van der Waals surface area contributed by atoms with Crippen LogP contribution >= 0.6 is 0 Å². The number of hydrogen-bond donors (Lipinski definition) is 1. The standard InChI is InChI=1S/C17H34N2/c1-4-17(10-11-18-13-17)14-19(12-9-15(2)3)16-7-5-6-8-16/h15-16,18H,4-14H2,1-3H3. The van der Waals surface area contributed by atoms with Crippen LogP contribution in [0.15, 0.2) is 0 Å². The van der Waals surface area contributed by atoms with Crippen molar-refractivity contribution in [1.29, 1.82) is 0 Å². The Bertz CT molecular complexity index is 250. The highest BCUT2D eigenvalue weighted by Gasteiger charge is 2.36. The van der Waals surface area contributed by atoms with E-state index >= 15 is 0 Å². The first-order chi connectivity index (χ1) is 9.15. The van der Waals surface area contributed by atoms with E-state index in [1.165, 1.54) is 71.1 Å². The molecule has 2 heteroatoms. The molecule has 1 heterocycles. The van der Waals surface area contributed by atoms with E-state index in [0.29, 0.717) is 5.41 Å². The fraction of sp³-hybridized carbons (Fsp3) is 1.00. The third-order valence-corrected chi connectivity index (χ3v) is 5.46. The van der Waals surface area contributed by atoms with Gasteiger partial charge in [0.05, 0.1) is 0 Å². The first kappa shape index (κ1) is 15.3. The van der Waals surface area contributed by atoms with E-state index in [1.54, 1.807) is 0 Å². The van der Waals surface area contributed by atoms with Gasteiger partial charge in [-0.1, -0.05) is 33.6 Å². The Morgan fingerprint density at radius 3 is 2.53 bits per heavy atom. The molecule has 2 aliphatic rings. The van der Waals surface area contributed by atoms with E-state index in [9.17, 15) is 0 Å². The van der Waals surface area contributed by atoms with Gasteiger partial charge in [0.1, 0.15) is 0 Å². The highest BCUT2D eigenvalue weighted by atomic mass is 15.2. The Hall–Kier alpha value is -0.0800. The maximum atomic E-state index is 3.60. The van der Waals surface area contributed by atoms with Crippen LogP contribution in [-0.2, 0) is 0 Å². The summed E-state index contributed by atoms with van der Waals surface area (Å²) in [5.41, 5.74) is 0.569. The molecule has 1 saturated heterocycles. The molecule has 0 aromatic carbocycles. The van der Waals surface area contributed by atoms with E-state index in [-0.39, 0.29) is 0 Å². The second-order valence-electron chi connectivity index (χ2n) is 7.37. The van der Waals surface area contributed by atoms with Gasteiger partial charge in [0.25, 0.3) is 0 Å². The van der Waals surface area contributed by atoms with Gasteiger partial charge in [-0.25, -0.2) is 0 Å². The minimum atomic E-state index is 0.569. The molecule has 0 spiro atoms. The summed E-state index contributed by atoms with van der Waals surface area (Å²) in [6, 6.07) is 0.891. The maximum Gasteiger partial charge on any atom is 0.00955 e. The summed E-state index contributed by atoms with van der Waals surface area (Å²) in [4.78, 5) is 2.86. The van der Waals surface area contributed by atoms with Gasteiger partial charge in [0.15, 0.2) is 0 Å². The Kier molecular flexibility index (Phi) is 5.70. The predicted molar refractivity (Wildman–Crippen MR) is 83.5 cm³/mol. The maximum absolute atomic E-state index is 3.60. The third-order valence-electron chi connectivity index (χ3n) is 5.46. The summed E-state index contributed by atoms with van der Waals surface area (Å²) in [5.74, 6) is 0.836. The molecule has 0 bridgehead atoms. The van der Waals surface area contributed by atoms with Crippen LogP contribution in [0, 0.1) is 11.3 Å². The van der Waals surface area contributed by atoms with Crippen molar-refractivity contribution in [2.24, 2.45) is 11.3 Å². The number of nitrogens with zero attached hydrogens (tertiary/aromatic N) is 1. The quantitative estimate of drug-likeness (QED) is 0.756. The molecule has 112 valence electrons. The van der Waals surface area contributed by atoms with E-state index in [2.05, 4.69) is 31.0 Å². The average Bonchev–Trinajstić information content (AvgIpc) is 3.06. The zero-order valence-corrected chi connectivity index (χ0v) is 13.4. The zero-order valence-electron chi connectivity index (χ0n) is 13.4. The number of hydrogen-bond acceptors (Lipinski definition) is 2. The van der Waals surface area contributed by atoms with Crippen molar-refractivity contribution in [1.82, 2.24) is 10.2 Å². The van der Waals surface area contributed by atoms with Crippen molar-refractivity contribution in [3.63, 3.8) is 0 Å². The molecule has 0 aromatic heterocycles. The molecule has 1 aliphatic heterocycles. The van der Waals surface area contributed by atoms with Crippen LogP contribution in [0.3, 0.4) is 0 Å². The molecule has 0 amide bonds. The third kappa shape index (κ3) is 4.19. The molecule has 2 nitrogen and oxygen atoms in total. The molecule has 2 fully saturated rings. The summed E-state index contributed by atoms with van der Waals surface area (Å²) < 4.78 is 0. The molecule has 1 aliphatic carbocycles. The lowest BCUT2D eigenvalue weighted by atomic mass is 9.83. The lowest BCUT2D eigenvalue weighted by molar-refractivity contribution is 0.111. The lowest BCUT2D eigenvalue weighted by Crippen LogP contribution is -2.44. The van der Waals surface area contributed by atoms with Crippen molar-refractivity contribution < 1.29 is 0 Å². The second-order valence-corrected chi connectivity index (χ2v) is 7.37. The van der Waals surface area contributed by atoms with Gasteiger partial charge in [-0.05, 0) is 56.5 Å². The van der Waals surface area contributed by atoms with Gasteiger partial charge in [0.2, 0.25) is 0 Å². The highest BCUT2D eigenvalue weighted by molar-refractivity contribution is 4.91. The van der Waals surface area contributed by atoms with Crippen molar-refractivity contribution in [2.75, 3.05) is 26.2 Å². The Morgan fingerprint density at radius 2 is 2.00 bits per heavy atom. The van der Waals surface area contributed by atoms with Crippen LogP contribution in [0.1, 0.15) is 65.7 Å². The predicted octanol–water partition coefficient (Wildman–Crippen LogP) is 3.67. The largest absolute Gasteiger partial charge is 0.316 e. The van der Waals surface area contributed by atoms with E-state index in [0.717, 1.165) is 12.0 Å². The van der Waals surface area contributed by atoms with Gasteiger partial charge >= 0.3 is 0 Å². The van der Waals surface area contributed by atoms with Crippen LogP contribution in [0.4, 0.5) is 0 Å². The average molecular weight is 266 g/mol. The summed E-state index contributed by atoms with van der Waals surface area (Å²) in [6.45, 7) is 12.3. The monoisotopic (exact) mass is 266 g/mol. The van der Waals surface area contributed by atoms with Gasteiger partial charge in [-0.15, -0.1) is 0 Å². The molecular weight excluding hydrogens is 232 g/mol. The van der Waals surface area contributed by atoms with Crippen LogP contribution in [0.25, 0.3) is 0 Å². The van der Waals surface area contributed by atoms with Gasteiger partial charge < -0.3 is 5.32 Å². The smallest absolute Gasteiger partial charge is 0.00955 e. The topological polar surface area (TPSA) is 15.3 Å². The van der Waals surface area contributed by atoms with Crippen molar-refractivity contribution in [3.8, 4) is 0 Å². The minimum Gasteiger partial charge on any atom is -0.316 e. The highest BCUT2D eigenvalue weighted by Crippen LogP contribution is 2.34. The lowest BCUT2D eigenvalue weighted by Gasteiger charge is -2.38. The van der Waals surface area contributed by atoms with Crippen LogP contribution in [0.5, 0.6) is 0 Å². The SMILES string of the molecule is CCC1(CN(CCC(C)C)C2CCCC2)CCNC1. The zero-order chi connectivity index (χ0) is 13.7. The molecule has 1 unspecified atom stereocenters. The fourth-order valence-electron chi connectivity index (χ4n) is 3.86. The van der Waals surface area contributed by atoms with Crippen LogP contribution in [-0.4, -0.2) is 37.1 Å². The number of rotatable bonds is 7. The van der Waals surface area contributed by atoms with E-state index in [1.807, 2.05) is 0 Å². The van der Waals surface area contributed by atoms with Gasteiger partial charge in [0, 0.05) is 19.1 Å². The van der Waals surface area contributed by atoms with Gasteiger partial charge in [-0.3, -0.25) is 4.90 Å². The Labute approximate surface area is 120 Å². The summed E-state index contributed by atoms with van der Waals surface area (Å²) in [5, 5.41) is 3.60. The van der Waals surface area contributed by atoms with Crippen molar-refractivity contribution >= 4 is 0 Å². The fourth-order valence-corrected chi connectivity index (χ4v) is 3.86. The van der Waals surface area contributed by atoms with Crippen molar-refractivity contribution in [2.45, 2.75) is 71.8 Å². The molecular formula is C17H34N2. The molecule has 1 N–H and O–H groups in total. The Morgan fingerprint density at radius 1 is 1.26 bits per heavy atom. The summed E-state index contributed by atoms with van der Waals surface area (Å²) in [6.07, 6.45) is 9.90. The molecule has 0 aromatic rings. The second kappa shape index (κ2) is 7.08. The van der Waals surface area contributed by atoms with Crippen LogP contribution < -0.4 is 5.32 Å². The summed E-state index contributed by atoms with van der Waals surface area (Å²) in [7, 11) is 0. The molecule has 1 atom stereocenters. The van der Waals surface area contributed by atoms with Crippen molar-refractivity contribution in [3.05, 3.63) is 0 Å². The molecule has 0 radical (unpaired) electrons. The Balaban J connectivity index is 1.95. The molecule has 1 saturated carbocycles. The molecule has 2 rings (SSSR count). The number of nitrogens with one attached hydrogen (secondary N) is 1. The van der Waals surface area contributed by atoms with E-state index < -0.39 is 0 Å². The summed E-state index contributed by atoms with van der Waals surface area (Å²) >= 11 is 0. The van der Waals surface area contributed by atoms with Gasteiger partial charge in [-0.2, -0.15) is 0 Å². The first-order valence-electron chi connectivity index (χ1n) is 8.60. The molecule has 19 heavy (non-hydrogen) atoms. The normalized spacial score (nSPS) is 28.9. The first-order valence-corrected chi connectivity index (χ1v) is 8.60. The van der Waals surface area contributed by atoms with E-state index in [4.69, 9.17) is 0 Å².